The van der Waals surface area contributed by atoms with Gasteiger partial charge in [0.2, 0.25) is 0 Å². The molecule has 5 nitrogen and oxygen atoms in total. The lowest BCUT2D eigenvalue weighted by Crippen LogP contribution is -2.12. The molecule has 0 fully saturated rings. The quantitative estimate of drug-likeness (QED) is 0.811. The van der Waals surface area contributed by atoms with Gasteiger partial charge in [-0.3, -0.25) is 0 Å². The van der Waals surface area contributed by atoms with Gasteiger partial charge in [-0.05, 0) is 18.2 Å². The van der Waals surface area contributed by atoms with Gasteiger partial charge in [-0.1, -0.05) is 0 Å². The molecule has 0 radical (unpaired) electrons. The Labute approximate surface area is 89.1 Å². The summed E-state index contributed by atoms with van der Waals surface area (Å²) in [6.07, 6.45) is -0.822. The third-order valence-corrected chi connectivity index (χ3v) is 2.75. The number of nitrogens with two attached hydrogens (primary N) is 1. The van der Waals surface area contributed by atoms with Gasteiger partial charge in [0.25, 0.3) is 0 Å². The number of ether oxygens (including phenoxy) is 1. The molecule has 1 aromatic carbocycles. The maximum Gasteiger partial charge on any atom is 0.404 e. The predicted molar refractivity (Wildman–Crippen MR) is 55.7 cm³/mol. The Morgan fingerprint density at radius 3 is 3.13 bits per heavy atom. The molecule has 0 unspecified atom stereocenters. The number of phenolic OH excluding ortho intramolecular Hbond substituents is 1. The standard InChI is InChI=1S/C9H8N2O3S/c10-9(13)14-4-8-11-6-2-1-5(12)3-7(6)15-8/h1-3,12H,4H2,(H2,10,13). The number of hydrogen-bond acceptors (Lipinski definition) is 5. The Bertz CT molecular complexity index is 509. The molecular weight excluding hydrogens is 216 g/mol. The molecule has 78 valence electrons. The molecule has 0 spiro atoms. The Morgan fingerprint density at radius 2 is 2.40 bits per heavy atom. The smallest absolute Gasteiger partial charge is 0.404 e. The molecule has 3 N–H and O–H groups in total. The van der Waals surface area contributed by atoms with Crippen LogP contribution >= 0.6 is 11.3 Å². The number of aromatic nitrogens is 1. The van der Waals surface area contributed by atoms with Crippen molar-refractivity contribution in [2.24, 2.45) is 5.73 Å². The molecule has 15 heavy (non-hydrogen) atoms. The normalized spacial score (nSPS) is 10.4. The molecule has 0 aliphatic rings. The summed E-state index contributed by atoms with van der Waals surface area (Å²) in [6.45, 7) is 0.0649. The fourth-order valence-electron chi connectivity index (χ4n) is 1.16. The van der Waals surface area contributed by atoms with E-state index in [1.807, 2.05) is 0 Å². The largest absolute Gasteiger partial charge is 0.508 e. The van der Waals surface area contributed by atoms with E-state index in [0.717, 1.165) is 10.2 Å². The van der Waals surface area contributed by atoms with E-state index in [-0.39, 0.29) is 12.4 Å². The highest BCUT2D eigenvalue weighted by Gasteiger charge is 2.05. The van der Waals surface area contributed by atoms with Crippen molar-refractivity contribution >= 4 is 27.6 Å². The monoisotopic (exact) mass is 224 g/mol. The fraction of sp³-hybridized carbons (Fsp3) is 0.111. The summed E-state index contributed by atoms with van der Waals surface area (Å²) in [4.78, 5) is 14.6. The first-order valence-electron chi connectivity index (χ1n) is 4.16. The molecule has 0 atom stereocenters. The Kier molecular flexibility index (Phi) is 2.42. The summed E-state index contributed by atoms with van der Waals surface area (Å²) in [7, 11) is 0. The number of primary amides is 1. The third-order valence-electron chi connectivity index (χ3n) is 1.75. The average molecular weight is 224 g/mol. The van der Waals surface area contributed by atoms with Gasteiger partial charge >= 0.3 is 6.09 Å². The molecule has 0 saturated carbocycles. The van der Waals surface area contributed by atoms with E-state index in [1.165, 1.54) is 11.3 Å². The number of benzene rings is 1. The van der Waals surface area contributed by atoms with Crippen molar-refractivity contribution in [1.29, 1.82) is 0 Å². The Morgan fingerprint density at radius 1 is 1.60 bits per heavy atom. The van der Waals surface area contributed by atoms with E-state index in [4.69, 9.17) is 5.73 Å². The van der Waals surface area contributed by atoms with Crippen LogP contribution in [0.25, 0.3) is 10.2 Å². The van der Waals surface area contributed by atoms with Gasteiger partial charge in [-0.25, -0.2) is 9.78 Å². The van der Waals surface area contributed by atoms with E-state index >= 15 is 0 Å². The van der Waals surface area contributed by atoms with Gasteiger partial charge in [0.1, 0.15) is 17.4 Å². The zero-order valence-electron chi connectivity index (χ0n) is 7.64. The fourth-order valence-corrected chi connectivity index (χ4v) is 2.07. The van der Waals surface area contributed by atoms with Crippen LogP contribution in [0.5, 0.6) is 5.75 Å². The van der Waals surface area contributed by atoms with Crippen molar-refractivity contribution in [1.82, 2.24) is 4.98 Å². The number of phenols is 1. The summed E-state index contributed by atoms with van der Waals surface area (Å²) >= 11 is 1.35. The second kappa shape index (κ2) is 3.74. The Hall–Kier alpha value is -1.82. The van der Waals surface area contributed by atoms with Gasteiger partial charge in [0.05, 0.1) is 10.2 Å². The average Bonchev–Trinajstić information content (AvgIpc) is 2.56. The predicted octanol–water partition coefficient (Wildman–Crippen LogP) is 1.60. The van der Waals surface area contributed by atoms with Crippen LogP contribution in [0.2, 0.25) is 0 Å². The number of carbonyl (C=O) groups excluding carboxylic acids is 1. The lowest BCUT2D eigenvalue weighted by molar-refractivity contribution is 0.150. The van der Waals surface area contributed by atoms with Gasteiger partial charge in [0.15, 0.2) is 0 Å². The maximum atomic E-state index is 10.4. The zero-order chi connectivity index (χ0) is 10.8. The summed E-state index contributed by atoms with van der Waals surface area (Å²) in [5, 5.41) is 9.88. The van der Waals surface area contributed by atoms with Crippen LogP contribution in [-0.2, 0) is 11.3 Å². The van der Waals surface area contributed by atoms with E-state index in [1.54, 1.807) is 18.2 Å². The molecule has 0 bridgehead atoms. The highest BCUT2D eigenvalue weighted by Crippen LogP contribution is 2.25. The number of rotatable bonds is 2. The van der Waals surface area contributed by atoms with Gasteiger partial charge < -0.3 is 15.6 Å². The van der Waals surface area contributed by atoms with E-state index in [9.17, 15) is 9.90 Å². The SMILES string of the molecule is NC(=O)OCc1nc2ccc(O)cc2s1. The highest BCUT2D eigenvalue weighted by atomic mass is 32.1. The van der Waals surface area contributed by atoms with Gasteiger partial charge in [0, 0.05) is 0 Å². The van der Waals surface area contributed by atoms with Gasteiger partial charge in [-0.15, -0.1) is 11.3 Å². The van der Waals surface area contributed by atoms with Crippen molar-refractivity contribution in [3.05, 3.63) is 23.2 Å². The lowest BCUT2D eigenvalue weighted by atomic mass is 10.3. The third kappa shape index (κ3) is 2.16. The van der Waals surface area contributed by atoms with Crippen LogP contribution in [-0.4, -0.2) is 16.2 Å². The van der Waals surface area contributed by atoms with Crippen molar-refractivity contribution < 1.29 is 14.6 Å². The van der Waals surface area contributed by atoms with Crippen molar-refractivity contribution in [3.8, 4) is 5.75 Å². The van der Waals surface area contributed by atoms with Gasteiger partial charge in [-0.2, -0.15) is 0 Å². The van der Waals surface area contributed by atoms with Crippen LogP contribution in [0, 0.1) is 0 Å². The molecule has 1 aromatic heterocycles. The number of aromatic hydroxyl groups is 1. The molecule has 0 saturated heterocycles. The molecule has 0 aliphatic carbocycles. The van der Waals surface area contributed by atoms with Crippen molar-refractivity contribution in [2.45, 2.75) is 6.61 Å². The maximum absolute atomic E-state index is 10.4. The minimum Gasteiger partial charge on any atom is -0.508 e. The minimum atomic E-state index is -0.822. The van der Waals surface area contributed by atoms with E-state index in [0.29, 0.717) is 5.01 Å². The first-order valence-corrected chi connectivity index (χ1v) is 4.97. The summed E-state index contributed by atoms with van der Waals surface area (Å²) in [5.74, 6) is 0.188. The minimum absolute atomic E-state index is 0.0649. The number of thiazole rings is 1. The van der Waals surface area contributed by atoms with E-state index < -0.39 is 6.09 Å². The zero-order valence-corrected chi connectivity index (χ0v) is 8.45. The Balaban J connectivity index is 2.27. The second-order valence-corrected chi connectivity index (χ2v) is 3.98. The van der Waals surface area contributed by atoms with Crippen LogP contribution in [0.1, 0.15) is 5.01 Å². The number of hydrogen-bond donors (Lipinski definition) is 2. The van der Waals surface area contributed by atoms with Crippen LogP contribution in [0.4, 0.5) is 4.79 Å². The van der Waals surface area contributed by atoms with Crippen molar-refractivity contribution in [2.75, 3.05) is 0 Å². The lowest BCUT2D eigenvalue weighted by Gasteiger charge is -1.94. The number of nitrogens with zero attached hydrogens (tertiary/aromatic N) is 1. The number of carbonyl (C=O) groups is 1. The first-order chi connectivity index (χ1) is 7.15. The van der Waals surface area contributed by atoms with Crippen LogP contribution < -0.4 is 5.73 Å². The summed E-state index contributed by atoms with van der Waals surface area (Å²) < 4.78 is 5.46. The van der Waals surface area contributed by atoms with Crippen molar-refractivity contribution in [3.63, 3.8) is 0 Å². The topological polar surface area (TPSA) is 85.4 Å². The summed E-state index contributed by atoms with van der Waals surface area (Å²) in [6, 6.07) is 4.87. The summed E-state index contributed by atoms with van der Waals surface area (Å²) in [5.41, 5.74) is 5.60. The molecule has 1 amide bonds. The van der Waals surface area contributed by atoms with Crippen LogP contribution in [0.15, 0.2) is 18.2 Å². The molecule has 2 rings (SSSR count). The molecule has 2 aromatic rings. The molecule has 6 heteroatoms. The number of fused-ring (bicyclic) bond motifs is 1. The second-order valence-electron chi connectivity index (χ2n) is 2.87. The number of amides is 1. The molecule has 1 heterocycles. The molecular formula is C9H8N2O3S. The van der Waals surface area contributed by atoms with Crippen LogP contribution in [0.3, 0.4) is 0 Å². The van der Waals surface area contributed by atoms with E-state index in [2.05, 4.69) is 9.72 Å². The first kappa shape index (κ1) is 9.72. The molecule has 0 aliphatic heterocycles. The highest BCUT2D eigenvalue weighted by molar-refractivity contribution is 7.18.